The lowest BCUT2D eigenvalue weighted by Gasteiger charge is -2.36. The lowest BCUT2D eigenvalue weighted by molar-refractivity contribution is -0.134. The van der Waals surface area contributed by atoms with Crippen LogP contribution in [0.15, 0.2) is 53.6 Å². The molecule has 0 radical (unpaired) electrons. The Labute approximate surface area is 322 Å². The van der Waals surface area contributed by atoms with Gasteiger partial charge in [0, 0.05) is 43.3 Å². The van der Waals surface area contributed by atoms with Gasteiger partial charge in [-0.15, -0.1) is 0 Å². The van der Waals surface area contributed by atoms with Gasteiger partial charge in [0.15, 0.2) is 5.78 Å². The Balaban J connectivity index is 0.818. The Kier molecular flexibility index (Phi) is 10.9. The number of rotatable bonds is 10. The monoisotopic (exact) mass is 744 g/mol. The summed E-state index contributed by atoms with van der Waals surface area (Å²) in [7, 11) is 0. The van der Waals surface area contributed by atoms with Crippen LogP contribution in [-0.4, -0.2) is 86.2 Å². The summed E-state index contributed by atoms with van der Waals surface area (Å²) in [5.41, 5.74) is 4.77. The molecule has 1 atom stereocenters. The second-order valence-electron chi connectivity index (χ2n) is 16.1. The first-order valence-electron chi connectivity index (χ1n) is 20.3. The van der Waals surface area contributed by atoms with E-state index in [1.165, 1.54) is 18.1 Å². The number of nitrogens with zero attached hydrogens (tertiary/aromatic N) is 6. The first kappa shape index (κ1) is 37.1. The van der Waals surface area contributed by atoms with E-state index < -0.39 is 0 Å². The largest absolute Gasteiger partial charge is 0.309 e. The minimum absolute atomic E-state index is 0.0306. The molecule has 3 saturated heterocycles. The minimum Gasteiger partial charge on any atom is -0.309 e. The Bertz CT molecular complexity index is 2130. The van der Waals surface area contributed by atoms with E-state index in [4.69, 9.17) is 9.97 Å². The van der Waals surface area contributed by atoms with Crippen LogP contribution in [0.1, 0.15) is 128 Å². The predicted molar refractivity (Wildman–Crippen MR) is 212 cm³/mol. The third-order valence-corrected chi connectivity index (χ3v) is 12.7. The average molecular weight is 745 g/mol. The number of nitrogens with one attached hydrogen (secondary N) is 2. The molecule has 1 unspecified atom stereocenters. The molecule has 0 bridgehead atoms. The summed E-state index contributed by atoms with van der Waals surface area (Å²) >= 11 is 0. The number of aromatic nitrogens is 4. The molecule has 3 aromatic heterocycles. The number of pyridine rings is 2. The van der Waals surface area contributed by atoms with E-state index in [1.54, 1.807) is 17.7 Å². The molecule has 12 heteroatoms. The molecule has 2 amide bonds. The molecule has 12 nitrogen and oxygen atoms in total. The number of hydrogen-bond donors (Lipinski definition) is 2. The van der Waals surface area contributed by atoms with Crippen LogP contribution < -0.4 is 16.2 Å². The van der Waals surface area contributed by atoms with Gasteiger partial charge in [0.05, 0.1) is 11.5 Å². The summed E-state index contributed by atoms with van der Waals surface area (Å²) in [4.78, 5) is 69.4. The molecule has 4 fully saturated rings. The van der Waals surface area contributed by atoms with Crippen LogP contribution in [0, 0.1) is 6.92 Å². The summed E-state index contributed by atoms with van der Waals surface area (Å²) in [6.45, 7) is 9.74. The normalized spacial score (nSPS) is 20.9. The number of aryl methyl sites for hydroxylation is 1. The van der Waals surface area contributed by atoms with Gasteiger partial charge in [-0.05, 0) is 125 Å². The SMILES string of the molecule is CC(=O)c1c(C)c2cnc(Nc3ccc(C4CCN(CCN5CCC(c6cccc(C7CCC(=O)NC7=O)c6)CC5)CC4)cn3)nc2n(C2CCCC2)c1=O. The standard InChI is InChI=1S/C43H52N8O4/c1-27-36-26-45-43(48-40(36)51(34-8-3-4-9-34)42(55)39(27)28(2)52)46-37-12-10-33(25-44-37)30-16-20-50(21-17-30)23-22-49-18-14-29(15-19-49)31-6-5-7-32(24-31)35-11-13-38(53)47-41(35)54/h5-7,10,12,24-26,29-30,34-35H,3-4,8-9,11,13-23H2,1-2H3,(H,47,53,54)(H,44,45,46,48). The molecule has 4 aromatic rings. The summed E-state index contributed by atoms with van der Waals surface area (Å²) in [5, 5.41) is 6.48. The van der Waals surface area contributed by atoms with Gasteiger partial charge in [-0.3, -0.25) is 29.1 Å². The second kappa shape index (κ2) is 16.1. The van der Waals surface area contributed by atoms with Gasteiger partial charge in [0.2, 0.25) is 17.8 Å². The van der Waals surface area contributed by atoms with Crippen molar-refractivity contribution < 1.29 is 14.4 Å². The zero-order chi connectivity index (χ0) is 38.1. The molecular formula is C43H52N8O4. The van der Waals surface area contributed by atoms with Crippen LogP contribution in [0.4, 0.5) is 11.8 Å². The van der Waals surface area contributed by atoms with E-state index in [-0.39, 0.29) is 40.7 Å². The number of amides is 2. The van der Waals surface area contributed by atoms with Crippen molar-refractivity contribution in [2.75, 3.05) is 44.6 Å². The van der Waals surface area contributed by atoms with Gasteiger partial charge in [-0.1, -0.05) is 43.2 Å². The fourth-order valence-electron chi connectivity index (χ4n) is 9.45. The first-order chi connectivity index (χ1) is 26.7. The maximum Gasteiger partial charge on any atom is 0.263 e. The smallest absolute Gasteiger partial charge is 0.263 e. The lowest BCUT2D eigenvalue weighted by atomic mass is 9.84. The Morgan fingerprint density at radius 2 is 1.49 bits per heavy atom. The number of carbonyl (C=O) groups is 3. The van der Waals surface area contributed by atoms with Gasteiger partial charge in [-0.25, -0.2) is 9.97 Å². The maximum absolute atomic E-state index is 13.6. The molecule has 6 heterocycles. The summed E-state index contributed by atoms with van der Waals surface area (Å²) in [6, 6.07) is 12.7. The molecular weight excluding hydrogens is 693 g/mol. The van der Waals surface area contributed by atoms with Crippen molar-refractivity contribution in [1.29, 1.82) is 0 Å². The molecule has 55 heavy (non-hydrogen) atoms. The van der Waals surface area contributed by atoms with Crippen molar-refractivity contribution >= 4 is 40.4 Å². The number of imide groups is 1. The molecule has 3 aliphatic heterocycles. The molecule has 8 rings (SSSR count). The first-order valence-corrected chi connectivity index (χ1v) is 20.3. The van der Waals surface area contributed by atoms with Crippen LogP contribution in [0.25, 0.3) is 11.0 Å². The van der Waals surface area contributed by atoms with Crippen molar-refractivity contribution in [1.82, 2.24) is 34.6 Å². The molecule has 1 saturated carbocycles. The third kappa shape index (κ3) is 7.98. The molecule has 1 aromatic carbocycles. The van der Waals surface area contributed by atoms with E-state index in [1.807, 2.05) is 18.3 Å². The lowest BCUT2D eigenvalue weighted by Crippen LogP contribution is -2.41. The number of carbonyl (C=O) groups excluding carboxylic acids is 3. The van der Waals surface area contributed by atoms with E-state index in [0.717, 1.165) is 102 Å². The van der Waals surface area contributed by atoms with Crippen LogP contribution in [0.5, 0.6) is 0 Å². The number of fused-ring (bicyclic) bond motifs is 1. The summed E-state index contributed by atoms with van der Waals surface area (Å²) in [5.74, 6) is 1.21. The quantitative estimate of drug-likeness (QED) is 0.144. The zero-order valence-electron chi connectivity index (χ0n) is 32.1. The highest BCUT2D eigenvalue weighted by molar-refractivity contribution is 6.01. The van der Waals surface area contributed by atoms with Crippen LogP contribution >= 0.6 is 0 Å². The van der Waals surface area contributed by atoms with Crippen molar-refractivity contribution in [2.45, 2.75) is 102 Å². The minimum atomic E-state index is -0.254. The number of anilines is 2. The zero-order valence-corrected chi connectivity index (χ0v) is 32.1. The van der Waals surface area contributed by atoms with E-state index in [9.17, 15) is 19.2 Å². The van der Waals surface area contributed by atoms with Crippen molar-refractivity contribution in [3.63, 3.8) is 0 Å². The number of ketones is 1. The van der Waals surface area contributed by atoms with Crippen molar-refractivity contribution in [2.24, 2.45) is 0 Å². The Morgan fingerprint density at radius 3 is 2.13 bits per heavy atom. The van der Waals surface area contributed by atoms with Crippen LogP contribution in [-0.2, 0) is 9.59 Å². The molecule has 288 valence electrons. The van der Waals surface area contributed by atoms with E-state index in [0.29, 0.717) is 47.7 Å². The summed E-state index contributed by atoms with van der Waals surface area (Å²) in [6.07, 6.45) is 13.0. The van der Waals surface area contributed by atoms with E-state index >= 15 is 0 Å². The van der Waals surface area contributed by atoms with Crippen molar-refractivity contribution in [3.8, 4) is 0 Å². The number of Topliss-reactive ketones (excluding diaryl/α,β-unsaturated/α-hetero) is 1. The third-order valence-electron chi connectivity index (χ3n) is 12.7. The Morgan fingerprint density at radius 1 is 0.818 bits per heavy atom. The highest BCUT2D eigenvalue weighted by Gasteiger charge is 2.30. The Hall–Kier alpha value is -4.81. The highest BCUT2D eigenvalue weighted by Crippen LogP contribution is 2.34. The second-order valence-corrected chi connectivity index (χ2v) is 16.1. The number of piperidine rings is 3. The van der Waals surface area contributed by atoms with Gasteiger partial charge in [0.25, 0.3) is 5.56 Å². The fraction of sp³-hybridized carbons (Fsp3) is 0.512. The molecule has 4 aliphatic rings. The fourth-order valence-corrected chi connectivity index (χ4v) is 9.45. The molecule has 1 aliphatic carbocycles. The van der Waals surface area contributed by atoms with Gasteiger partial charge < -0.3 is 15.1 Å². The number of hydrogen-bond acceptors (Lipinski definition) is 10. The van der Waals surface area contributed by atoms with E-state index in [2.05, 4.69) is 49.7 Å². The average Bonchev–Trinajstić information content (AvgIpc) is 3.72. The van der Waals surface area contributed by atoms with Gasteiger partial charge in [-0.2, -0.15) is 4.98 Å². The molecule has 2 N–H and O–H groups in total. The summed E-state index contributed by atoms with van der Waals surface area (Å²) < 4.78 is 1.73. The number of likely N-dealkylation sites (tertiary alicyclic amines) is 2. The van der Waals surface area contributed by atoms with Gasteiger partial charge in [0.1, 0.15) is 11.5 Å². The maximum atomic E-state index is 13.6. The van der Waals surface area contributed by atoms with Crippen LogP contribution in [0.2, 0.25) is 0 Å². The topological polar surface area (TPSA) is 142 Å². The van der Waals surface area contributed by atoms with Crippen LogP contribution in [0.3, 0.4) is 0 Å². The molecule has 0 spiro atoms. The number of benzene rings is 1. The van der Waals surface area contributed by atoms with Crippen molar-refractivity contribution in [3.05, 3.63) is 87.0 Å². The highest BCUT2D eigenvalue weighted by atomic mass is 16.2. The predicted octanol–water partition coefficient (Wildman–Crippen LogP) is 6.14. The van der Waals surface area contributed by atoms with Gasteiger partial charge >= 0.3 is 0 Å².